The third-order valence-corrected chi connectivity index (χ3v) is 6.91. The molecule has 3 amide bonds. The number of nitrogens with zero attached hydrogens (tertiary/aromatic N) is 2. The van der Waals surface area contributed by atoms with E-state index in [1.54, 1.807) is 4.90 Å². The smallest absolute Gasteiger partial charge is 0.255 e. The summed E-state index contributed by atoms with van der Waals surface area (Å²) in [6.07, 6.45) is 6.04. The molecule has 5 rings (SSSR count). The number of fused-ring (bicyclic) bond motifs is 2. The number of carbonyl (C=O) groups is 3. The van der Waals surface area contributed by atoms with Crippen molar-refractivity contribution >= 4 is 23.5 Å². The summed E-state index contributed by atoms with van der Waals surface area (Å²) in [5.41, 5.74) is 5.12. The predicted octanol–water partition coefficient (Wildman–Crippen LogP) is 2.31. The largest absolute Gasteiger partial charge is 0.370 e. The molecule has 0 spiro atoms. The molecule has 4 heterocycles. The Balaban J connectivity index is 1.07. The predicted molar refractivity (Wildman–Crippen MR) is 128 cm³/mol. The van der Waals surface area contributed by atoms with Crippen molar-refractivity contribution in [3.63, 3.8) is 0 Å². The fraction of sp³-hybridized carbons (Fsp3) is 0.462. The van der Waals surface area contributed by atoms with Gasteiger partial charge in [-0.3, -0.25) is 19.7 Å². The van der Waals surface area contributed by atoms with Gasteiger partial charge in [0.2, 0.25) is 11.8 Å². The number of anilines is 1. The van der Waals surface area contributed by atoms with Crippen LogP contribution in [0, 0.1) is 0 Å². The Morgan fingerprint density at radius 3 is 2.82 bits per heavy atom. The minimum Gasteiger partial charge on any atom is -0.370 e. The molecule has 0 saturated carbocycles. The molecule has 3 aliphatic heterocycles. The van der Waals surface area contributed by atoms with Gasteiger partial charge < -0.3 is 15.5 Å². The zero-order valence-electron chi connectivity index (χ0n) is 19.4. The van der Waals surface area contributed by atoms with E-state index >= 15 is 0 Å². The topological polar surface area (TPSA) is 103 Å². The first-order chi connectivity index (χ1) is 16.6. The van der Waals surface area contributed by atoms with E-state index < -0.39 is 6.04 Å². The van der Waals surface area contributed by atoms with E-state index in [1.165, 1.54) is 12.0 Å². The molecular weight excluding hydrogens is 430 g/mol. The van der Waals surface area contributed by atoms with E-state index in [4.69, 9.17) is 4.98 Å². The summed E-state index contributed by atoms with van der Waals surface area (Å²) in [5.74, 6) is 0.290. The highest BCUT2D eigenvalue weighted by Gasteiger charge is 2.39. The van der Waals surface area contributed by atoms with Gasteiger partial charge in [0.15, 0.2) is 0 Å². The molecule has 3 N–H and O–H groups in total. The molecule has 0 bridgehead atoms. The number of rotatable bonds is 8. The highest BCUT2D eigenvalue weighted by Crippen LogP contribution is 2.28. The summed E-state index contributed by atoms with van der Waals surface area (Å²) in [7, 11) is 0. The maximum absolute atomic E-state index is 12.9. The van der Waals surface area contributed by atoms with Crippen LogP contribution in [0.15, 0.2) is 30.3 Å². The summed E-state index contributed by atoms with van der Waals surface area (Å²) in [6.45, 7) is 3.02. The lowest BCUT2D eigenvalue weighted by Gasteiger charge is -2.29. The number of amides is 3. The second-order valence-corrected chi connectivity index (χ2v) is 9.37. The molecule has 2 aromatic rings. The molecule has 8 nitrogen and oxygen atoms in total. The van der Waals surface area contributed by atoms with Gasteiger partial charge in [-0.15, -0.1) is 0 Å². The van der Waals surface area contributed by atoms with Gasteiger partial charge in [-0.05, 0) is 73.9 Å². The minimum atomic E-state index is -0.570. The average molecular weight is 462 g/mol. The van der Waals surface area contributed by atoms with Crippen molar-refractivity contribution in [3.8, 4) is 0 Å². The minimum absolute atomic E-state index is 0.126. The van der Waals surface area contributed by atoms with Crippen LogP contribution >= 0.6 is 0 Å². The maximum atomic E-state index is 12.9. The van der Waals surface area contributed by atoms with Crippen LogP contribution in [-0.2, 0) is 35.5 Å². The van der Waals surface area contributed by atoms with E-state index in [-0.39, 0.29) is 24.1 Å². The number of benzene rings is 1. The Bertz CT molecular complexity index is 1120. The van der Waals surface area contributed by atoms with Crippen LogP contribution in [0.4, 0.5) is 5.82 Å². The number of unbranched alkanes of at least 4 members (excludes halogenated alkanes) is 1. The molecule has 0 radical (unpaired) electrons. The van der Waals surface area contributed by atoms with Crippen molar-refractivity contribution in [2.45, 2.75) is 64.1 Å². The van der Waals surface area contributed by atoms with E-state index in [0.717, 1.165) is 61.4 Å². The molecule has 1 aromatic heterocycles. The van der Waals surface area contributed by atoms with Crippen LogP contribution in [0.25, 0.3) is 0 Å². The van der Waals surface area contributed by atoms with Crippen LogP contribution in [0.1, 0.15) is 64.8 Å². The van der Waals surface area contributed by atoms with E-state index in [0.29, 0.717) is 25.1 Å². The lowest BCUT2D eigenvalue weighted by atomic mass is 10.0. The number of hydrogen-bond donors (Lipinski definition) is 3. The molecule has 8 heteroatoms. The number of nitrogens with one attached hydrogen (secondary N) is 3. The van der Waals surface area contributed by atoms with Crippen molar-refractivity contribution in [2.75, 3.05) is 18.4 Å². The van der Waals surface area contributed by atoms with Gasteiger partial charge in [0.05, 0.1) is 0 Å². The number of pyridine rings is 1. The lowest BCUT2D eigenvalue weighted by molar-refractivity contribution is -0.136. The molecular formula is C26H31N5O3. The first kappa shape index (κ1) is 22.5. The summed E-state index contributed by atoms with van der Waals surface area (Å²) in [4.78, 5) is 42.9. The third-order valence-electron chi connectivity index (χ3n) is 6.91. The highest BCUT2D eigenvalue weighted by molar-refractivity contribution is 6.05. The number of piperidine rings is 1. The van der Waals surface area contributed by atoms with Crippen molar-refractivity contribution in [2.24, 2.45) is 0 Å². The maximum Gasteiger partial charge on any atom is 0.255 e. The van der Waals surface area contributed by atoms with Gasteiger partial charge in [-0.2, -0.15) is 0 Å². The normalized spacial score (nSPS) is 19.5. The zero-order chi connectivity index (χ0) is 23.5. The van der Waals surface area contributed by atoms with Crippen LogP contribution in [0.3, 0.4) is 0 Å². The van der Waals surface area contributed by atoms with Gasteiger partial charge in [-0.25, -0.2) is 4.98 Å². The summed E-state index contributed by atoms with van der Waals surface area (Å²) < 4.78 is 0. The van der Waals surface area contributed by atoms with Crippen LogP contribution < -0.4 is 16.0 Å². The number of hydrogen-bond acceptors (Lipinski definition) is 6. The Morgan fingerprint density at radius 2 is 1.94 bits per heavy atom. The monoisotopic (exact) mass is 461 g/mol. The summed E-state index contributed by atoms with van der Waals surface area (Å²) >= 11 is 0. The fourth-order valence-corrected chi connectivity index (χ4v) is 5.01. The average Bonchev–Trinajstić information content (AvgIpc) is 3.17. The van der Waals surface area contributed by atoms with E-state index in [2.05, 4.69) is 28.1 Å². The van der Waals surface area contributed by atoms with Crippen LogP contribution in [0.2, 0.25) is 0 Å². The molecule has 1 fully saturated rings. The number of carbonyl (C=O) groups excluding carboxylic acids is 3. The van der Waals surface area contributed by atoms with Gasteiger partial charge in [0.25, 0.3) is 5.91 Å². The number of aromatic nitrogens is 1. The van der Waals surface area contributed by atoms with Gasteiger partial charge >= 0.3 is 0 Å². The molecule has 1 saturated heterocycles. The van der Waals surface area contributed by atoms with Crippen molar-refractivity contribution in [3.05, 3.63) is 58.3 Å². The van der Waals surface area contributed by atoms with Crippen LogP contribution in [0.5, 0.6) is 0 Å². The molecule has 178 valence electrons. The van der Waals surface area contributed by atoms with Crippen LogP contribution in [-0.4, -0.2) is 46.7 Å². The molecule has 1 atom stereocenters. The molecule has 3 aliphatic rings. The Hall–Kier alpha value is -3.26. The van der Waals surface area contributed by atoms with E-state index in [9.17, 15) is 14.4 Å². The second-order valence-electron chi connectivity index (χ2n) is 9.37. The molecule has 0 aliphatic carbocycles. The van der Waals surface area contributed by atoms with Gasteiger partial charge in [0, 0.05) is 37.3 Å². The highest BCUT2D eigenvalue weighted by atomic mass is 16.2. The summed E-state index contributed by atoms with van der Waals surface area (Å²) in [6, 6.07) is 9.74. The van der Waals surface area contributed by atoms with Crippen molar-refractivity contribution in [1.82, 2.24) is 20.5 Å². The zero-order valence-corrected chi connectivity index (χ0v) is 19.4. The Labute approximate surface area is 199 Å². The van der Waals surface area contributed by atoms with Gasteiger partial charge in [-0.1, -0.05) is 18.2 Å². The van der Waals surface area contributed by atoms with Crippen molar-refractivity contribution < 1.29 is 14.4 Å². The van der Waals surface area contributed by atoms with E-state index in [1.807, 2.05) is 18.2 Å². The fourth-order valence-electron chi connectivity index (χ4n) is 5.01. The first-order valence-electron chi connectivity index (χ1n) is 12.3. The molecule has 1 aromatic carbocycles. The Morgan fingerprint density at radius 1 is 1.06 bits per heavy atom. The summed E-state index contributed by atoms with van der Waals surface area (Å²) in [5, 5.41) is 9.21. The lowest BCUT2D eigenvalue weighted by Crippen LogP contribution is -2.52. The second kappa shape index (κ2) is 9.93. The third kappa shape index (κ3) is 4.82. The SMILES string of the molecule is O=C1CCC(N2Cc3ccc(CNCCCCc4ccc5c(n4)NCCC5)cc3C2=O)C(=O)N1. The van der Waals surface area contributed by atoms with Crippen molar-refractivity contribution in [1.29, 1.82) is 0 Å². The first-order valence-corrected chi connectivity index (χ1v) is 12.3. The molecule has 34 heavy (non-hydrogen) atoms. The standard InChI is InChI=1S/C26H31N5O3/c32-23-11-10-22(25(33)30-23)31-16-19-7-6-17(14-21(19)26(31)34)15-27-12-2-1-5-20-9-8-18-4-3-13-28-24(18)29-20/h6-9,14,22,27H,1-5,10-13,15-16H2,(H,28,29)(H,30,32,33). The Kier molecular flexibility index (Phi) is 6.58. The molecule has 1 unspecified atom stereocenters. The number of aryl methyl sites for hydroxylation is 2. The van der Waals surface area contributed by atoms with Gasteiger partial charge in [0.1, 0.15) is 11.9 Å². The number of imide groups is 1. The quantitative estimate of drug-likeness (QED) is 0.412.